The van der Waals surface area contributed by atoms with E-state index in [1.165, 1.54) is 7.11 Å². The lowest BCUT2D eigenvalue weighted by Crippen LogP contribution is -2.61. The van der Waals surface area contributed by atoms with Gasteiger partial charge >= 0.3 is 6.09 Å². The Bertz CT molecular complexity index is 2010. The zero-order valence-corrected chi connectivity index (χ0v) is 29.6. The molecule has 3 aliphatic carbocycles. The fourth-order valence-corrected chi connectivity index (χ4v) is 8.03. The van der Waals surface area contributed by atoms with E-state index in [0.29, 0.717) is 11.3 Å². The van der Waals surface area contributed by atoms with E-state index in [4.69, 9.17) is 18.9 Å². The fraction of sp³-hybridized carbons (Fsp3) is 0.302. The lowest BCUT2D eigenvalue weighted by molar-refractivity contribution is -0.139. The molecule has 0 aromatic heterocycles. The Morgan fingerprint density at radius 3 is 2.02 bits per heavy atom. The Morgan fingerprint density at radius 2 is 1.40 bits per heavy atom. The lowest BCUT2D eigenvalue weighted by Gasteiger charge is -2.50. The summed E-state index contributed by atoms with van der Waals surface area (Å²) in [5.74, 6) is -3.52. The van der Waals surface area contributed by atoms with E-state index in [0.717, 1.165) is 16.7 Å². The van der Waals surface area contributed by atoms with Gasteiger partial charge in [-0.1, -0.05) is 103 Å². The lowest BCUT2D eigenvalue weighted by atomic mass is 9.58. The van der Waals surface area contributed by atoms with Gasteiger partial charge in [0.05, 0.1) is 56.2 Å². The SMILES string of the molecule is COc1cccc2c1C(O)=C1C(O)=C3C(=O)[C@@H](COCc4ccccc4)[C@H](OCc4ccccc4)[C@@H](NC(=O)OCc4ccccc4)[C@@H]3CC1C2(C)O. The van der Waals surface area contributed by atoms with Crippen molar-refractivity contribution in [3.63, 3.8) is 0 Å². The molecule has 0 radical (unpaired) electrons. The predicted octanol–water partition coefficient (Wildman–Crippen LogP) is 6.93. The highest BCUT2D eigenvalue weighted by molar-refractivity contribution is 6.01. The molecule has 0 spiro atoms. The summed E-state index contributed by atoms with van der Waals surface area (Å²) in [5, 5.41) is 39.2. The van der Waals surface area contributed by atoms with Crippen LogP contribution in [0.1, 0.15) is 41.2 Å². The summed E-state index contributed by atoms with van der Waals surface area (Å²) in [7, 11) is 1.46. The van der Waals surface area contributed by atoms with Crippen LogP contribution in [0.2, 0.25) is 0 Å². The van der Waals surface area contributed by atoms with Crippen molar-refractivity contribution >= 4 is 17.6 Å². The van der Waals surface area contributed by atoms with Gasteiger partial charge in [0.2, 0.25) is 0 Å². The normalized spacial score (nSPS) is 24.9. The maximum atomic E-state index is 14.8. The van der Waals surface area contributed by atoms with Crippen LogP contribution in [-0.2, 0) is 44.4 Å². The number of hydrogen-bond donors (Lipinski definition) is 4. The molecular formula is C43H43NO9. The van der Waals surface area contributed by atoms with Crippen LogP contribution in [0.3, 0.4) is 0 Å². The van der Waals surface area contributed by atoms with Gasteiger partial charge in [-0.25, -0.2) is 4.79 Å². The van der Waals surface area contributed by atoms with Crippen molar-refractivity contribution in [3.8, 4) is 5.75 Å². The quantitative estimate of drug-likeness (QED) is 0.130. The Kier molecular flexibility index (Phi) is 10.4. The van der Waals surface area contributed by atoms with E-state index in [2.05, 4.69) is 5.32 Å². The topological polar surface area (TPSA) is 144 Å². The third kappa shape index (κ3) is 7.05. The van der Waals surface area contributed by atoms with Gasteiger partial charge in [-0.3, -0.25) is 4.79 Å². The fourth-order valence-electron chi connectivity index (χ4n) is 8.03. The average molecular weight is 718 g/mol. The number of alkyl carbamates (subject to hydrolysis) is 1. The maximum Gasteiger partial charge on any atom is 0.407 e. The van der Waals surface area contributed by atoms with Crippen LogP contribution in [0.4, 0.5) is 4.79 Å². The van der Waals surface area contributed by atoms with Crippen LogP contribution < -0.4 is 10.1 Å². The van der Waals surface area contributed by atoms with E-state index in [1.807, 2.05) is 91.0 Å². The number of benzene rings is 4. The maximum absolute atomic E-state index is 14.8. The van der Waals surface area contributed by atoms with Crippen LogP contribution >= 0.6 is 0 Å². The first-order chi connectivity index (χ1) is 25.7. The number of aliphatic hydroxyl groups is 3. The van der Waals surface area contributed by atoms with Crippen molar-refractivity contribution in [2.75, 3.05) is 13.7 Å². The summed E-state index contributed by atoms with van der Waals surface area (Å²) in [4.78, 5) is 28.4. The molecule has 274 valence electrons. The number of fused-ring (bicyclic) bond motifs is 3. The first-order valence-electron chi connectivity index (χ1n) is 17.7. The number of amides is 1. The van der Waals surface area contributed by atoms with Gasteiger partial charge in [-0.2, -0.15) is 0 Å². The number of aliphatic hydroxyl groups excluding tert-OH is 2. The number of allylic oxidation sites excluding steroid dienone is 1. The van der Waals surface area contributed by atoms with Gasteiger partial charge in [0.1, 0.15) is 23.9 Å². The molecule has 0 aliphatic heterocycles. The number of rotatable bonds is 11. The minimum Gasteiger partial charge on any atom is -0.507 e. The number of hydrogen-bond acceptors (Lipinski definition) is 9. The zero-order chi connectivity index (χ0) is 37.1. The van der Waals surface area contributed by atoms with Crippen molar-refractivity contribution in [2.24, 2.45) is 17.8 Å². The Morgan fingerprint density at radius 1 is 0.792 bits per heavy atom. The second-order valence-electron chi connectivity index (χ2n) is 13.9. The molecule has 10 nitrogen and oxygen atoms in total. The molecule has 0 heterocycles. The first-order valence-corrected chi connectivity index (χ1v) is 17.7. The van der Waals surface area contributed by atoms with Crippen LogP contribution in [0.25, 0.3) is 5.76 Å². The van der Waals surface area contributed by atoms with Crippen molar-refractivity contribution in [2.45, 2.75) is 50.9 Å². The molecule has 1 fully saturated rings. The van der Waals surface area contributed by atoms with Crippen LogP contribution in [-0.4, -0.2) is 53.1 Å². The summed E-state index contributed by atoms with van der Waals surface area (Å²) in [5.41, 5.74) is 1.68. The number of carbonyl (C=O) groups is 2. The van der Waals surface area contributed by atoms with Gasteiger partial charge < -0.3 is 39.6 Å². The van der Waals surface area contributed by atoms with E-state index in [-0.39, 0.29) is 55.3 Å². The Hall–Kier alpha value is -5.42. The Labute approximate surface area is 308 Å². The summed E-state index contributed by atoms with van der Waals surface area (Å²) < 4.78 is 24.0. The second-order valence-corrected chi connectivity index (χ2v) is 13.9. The first kappa shape index (κ1) is 36.0. The largest absolute Gasteiger partial charge is 0.507 e. The highest BCUT2D eigenvalue weighted by atomic mass is 16.5. The molecular weight excluding hydrogens is 674 g/mol. The van der Waals surface area contributed by atoms with Gasteiger partial charge in [0, 0.05) is 23.0 Å². The number of ether oxygens (including phenoxy) is 4. The molecule has 10 heteroatoms. The molecule has 53 heavy (non-hydrogen) atoms. The van der Waals surface area contributed by atoms with Crippen LogP contribution in [0.15, 0.2) is 126 Å². The number of methoxy groups -OCH3 is 1. The van der Waals surface area contributed by atoms with E-state index < -0.39 is 53.1 Å². The van der Waals surface area contributed by atoms with Crippen LogP contribution in [0.5, 0.6) is 5.75 Å². The minimum absolute atomic E-state index is 0.00675. The number of ketones is 1. The highest BCUT2D eigenvalue weighted by Gasteiger charge is 2.57. The molecule has 3 aliphatic rings. The predicted molar refractivity (Wildman–Crippen MR) is 197 cm³/mol. The van der Waals surface area contributed by atoms with Gasteiger partial charge in [0.25, 0.3) is 0 Å². The van der Waals surface area contributed by atoms with Crippen LogP contribution in [0, 0.1) is 17.8 Å². The van der Waals surface area contributed by atoms with Crippen molar-refractivity contribution in [1.82, 2.24) is 5.32 Å². The third-order valence-electron chi connectivity index (χ3n) is 10.7. The number of carbonyl (C=O) groups excluding carboxylic acids is 2. The van der Waals surface area contributed by atoms with Gasteiger partial charge in [-0.15, -0.1) is 0 Å². The van der Waals surface area contributed by atoms with E-state index >= 15 is 0 Å². The molecule has 4 N–H and O–H groups in total. The van der Waals surface area contributed by atoms with Gasteiger partial charge in [-0.05, 0) is 41.7 Å². The highest BCUT2D eigenvalue weighted by Crippen LogP contribution is 2.56. The molecule has 4 aromatic carbocycles. The summed E-state index contributed by atoms with van der Waals surface area (Å²) in [6.07, 6.45) is -1.58. The van der Waals surface area contributed by atoms with Crippen molar-refractivity contribution in [3.05, 3.63) is 154 Å². The smallest absolute Gasteiger partial charge is 0.407 e. The summed E-state index contributed by atoms with van der Waals surface area (Å²) in [6, 6.07) is 32.5. The van der Waals surface area contributed by atoms with Crippen molar-refractivity contribution < 1.29 is 43.9 Å². The van der Waals surface area contributed by atoms with Gasteiger partial charge in [0.15, 0.2) is 5.78 Å². The zero-order valence-electron chi connectivity index (χ0n) is 29.6. The minimum atomic E-state index is -1.61. The second kappa shape index (κ2) is 15.3. The standard InChI is InChI=1S/C43H43NO9/c1-43(49)31-19-12-20-33(50-2)35(31)40(47)36-32(43)21-29-34(39(36)46)38(45)30(25-51-22-26-13-6-3-7-14-26)41(52-23-27-15-8-4-9-16-27)37(29)44-42(48)53-24-28-17-10-5-11-18-28/h3-20,29-30,32,37,41,46-47,49H,21-25H2,1-2H3,(H,44,48)/t29-,30-,32?,37+,41+,43?/m1/s1. The van der Waals surface area contributed by atoms with E-state index in [1.54, 1.807) is 25.1 Å². The molecule has 1 amide bonds. The molecule has 0 saturated heterocycles. The third-order valence-corrected chi connectivity index (χ3v) is 10.7. The number of Topliss-reactive ketones (excluding diaryl/α,β-unsaturated/α-hetero) is 1. The molecule has 4 aromatic rings. The van der Waals surface area contributed by atoms with Crippen molar-refractivity contribution in [1.29, 1.82) is 0 Å². The Balaban J connectivity index is 1.31. The summed E-state index contributed by atoms with van der Waals surface area (Å²) in [6.45, 7) is 1.88. The molecule has 7 rings (SSSR count). The molecule has 2 unspecified atom stereocenters. The average Bonchev–Trinajstić information content (AvgIpc) is 3.18. The summed E-state index contributed by atoms with van der Waals surface area (Å²) >= 11 is 0. The molecule has 6 atom stereocenters. The molecule has 0 bridgehead atoms. The molecule has 1 saturated carbocycles. The van der Waals surface area contributed by atoms with E-state index in [9.17, 15) is 24.9 Å². The number of nitrogens with one attached hydrogen (secondary N) is 1. The monoisotopic (exact) mass is 717 g/mol.